The van der Waals surface area contributed by atoms with E-state index in [1.54, 1.807) is 35.1 Å². The van der Waals surface area contributed by atoms with Crippen molar-refractivity contribution in [2.24, 2.45) is 0 Å². The monoisotopic (exact) mass is 354 g/mol. The van der Waals surface area contributed by atoms with Crippen molar-refractivity contribution in [3.8, 4) is 0 Å². The zero-order chi connectivity index (χ0) is 15.6. The quantitative estimate of drug-likeness (QED) is 0.654. The molecule has 22 heavy (non-hydrogen) atoms. The largest absolute Gasteiger partial charge is 0.253 e. The molecule has 0 saturated carbocycles. The SMILES string of the molecule is O=S(=O)(CCSc1nc2ncccn2n1)c1ccc(Cl)cc1. The van der Waals surface area contributed by atoms with Gasteiger partial charge < -0.3 is 0 Å². The number of aromatic nitrogens is 4. The summed E-state index contributed by atoms with van der Waals surface area (Å²) in [4.78, 5) is 8.53. The number of fused-ring (bicyclic) bond motifs is 1. The average Bonchev–Trinajstić information content (AvgIpc) is 2.90. The van der Waals surface area contributed by atoms with Gasteiger partial charge in [0.05, 0.1) is 10.6 Å². The molecule has 0 radical (unpaired) electrons. The van der Waals surface area contributed by atoms with E-state index in [4.69, 9.17) is 11.6 Å². The van der Waals surface area contributed by atoms with Gasteiger partial charge in [-0.25, -0.2) is 17.9 Å². The molecule has 0 spiro atoms. The van der Waals surface area contributed by atoms with Crippen molar-refractivity contribution in [1.82, 2.24) is 19.6 Å². The first-order valence-corrected chi connectivity index (χ1v) is 9.35. The van der Waals surface area contributed by atoms with Crippen LogP contribution in [0.4, 0.5) is 0 Å². The van der Waals surface area contributed by atoms with Gasteiger partial charge in [-0.2, -0.15) is 4.98 Å². The molecule has 3 aromatic rings. The minimum absolute atomic E-state index is 0.00226. The fourth-order valence-corrected chi connectivity index (χ4v) is 4.38. The van der Waals surface area contributed by atoms with Gasteiger partial charge in [-0.1, -0.05) is 23.4 Å². The number of halogens is 1. The Morgan fingerprint density at radius 3 is 2.73 bits per heavy atom. The second-order valence-corrected chi connectivity index (χ2v) is 7.99. The Hall–Kier alpha value is -1.64. The number of benzene rings is 1. The first-order chi connectivity index (χ1) is 10.5. The van der Waals surface area contributed by atoms with Crippen LogP contribution in [0.15, 0.2) is 52.8 Å². The van der Waals surface area contributed by atoms with Gasteiger partial charge in [0.2, 0.25) is 5.16 Å². The van der Waals surface area contributed by atoms with E-state index in [0.29, 0.717) is 21.7 Å². The van der Waals surface area contributed by atoms with E-state index >= 15 is 0 Å². The maximum absolute atomic E-state index is 12.2. The van der Waals surface area contributed by atoms with Crippen LogP contribution in [-0.4, -0.2) is 39.5 Å². The third-order valence-corrected chi connectivity index (χ3v) is 5.93. The van der Waals surface area contributed by atoms with Gasteiger partial charge in [0.1, 0.15) is 0 Å². The number of nitrogens with zero attached hydrogens (tertiary/aromatic N) is 4. The molecule has 2 heterocycles. The second-order valence-electron chi connectivity index (χ2n) is 4.38. The topological polar surface area (TPSA) is 77.2 Å². The lowest BCUT2D eigenvalue weighted by molar-refractivity contribution is 0.597. The van der Waals surface area contributed by atoms with Crippen LogP contribution in [0.2, 0.25) is 5.02 Å². The molecule has 0 saturated heterocycles. The lowest BCUT2D eigenvalue weighted by Gasteiger charge is -2.03. The highest BCUT2D eigenvalue weighted by Crippen LogP contribution is 2.19. The van der Waals surface area contributed by atoms with E-state index in [1.165, 1.54) is 23.9 Å². The number of rotatable bonds is 5. The molecule has 6 nitrogen and oxygen atoms in total. The van der Waals surface area contributed by atoms with Crippen LogP contribution >= 0.6 is 23.4 Å². The van der Waals surface area contributed by atoms with Gasteiger partial charge in [0, 0.05) is 23.2 Å². The number of sulfone groups is 1. The molecule has 0 unspecified atom stereocenters. The summed E-state index contributed by atoms with van der Waals surface area (Å²) in [7, 11) is -3.33. The molecule has 1 aromatic carbocycles. The number of hydrogen-bond acceptors (Lipinski definition) is 6. The predicted octanol–water partition coefficient (Wildman–Crippen LogP) is 2.34. The van der Waals surface area contributed by atoms with Gasteiger partial charge >= 0.3 is 0 Å². The summed E-state index contributed by atoms with van der Waals surface area (Å²) in [5, 5.41) is 5.22. The zero-order valence-electron chi connectivity index (χ0n) is 11.3. The van der Waals surface area contributed by atoms with Crippen LogP contribution in [0, 0.1) is 0 Å². The normalized spacial score (nSPS) is 11.9. The Morgan fingerprint density at radius 2 is 2.00 bits per heavy atom. The maximum atomic E-state index is 12.2. The van der Waals surface area contributed by atoms with Crippen molar-refractivity contribution < 1.29 is 8.42 Å². The highest BCUT2D eigenvalue weighted by atomic mass is 35.5. The molecular formula is C13H11ClN4O2S2. The Morgan fingerprint density at radius 1 is 1.23 bits per heavy atom. The van der Waals surface area contributed by atoms with E-state index in [1.807, 2.05) is 0 Å². The van der Waals surface area contributed by atoms with Crippen LogP contribution in [0.5, 0.6) is 0 Å². The van der Waals surface area contributed by atoms with Gasteiger partial charge in [0.25, 0.3) is 5.78 Å². The van der Waals surface area contributed by atoms with Crippen molar-refractivity contribution in [1.29, 1.82) is 0 Å². The lowest BCUT2D eigenvalue weighted by Crippen LogP contribution is -2.08. The highest BCUT2D eigenvalue weighted by Gasteiger charge is 2.15. The minimum atomic E-state index is -3.33. The molecule has 114 valence electrons. The summed E-state index contributed by atoms with van der Waals surface area (Å²) in [5.41, 5.74) is 0. The molecule has 0 aliphatic heterocycles. The first kappa shape index (κ1) is 15.3. The summed E-state index contributed by atoms with van der Waals surface area (Å²) in [6.45, 7) is 0. The van der Waals surface area contributed by atoms with Gasteiger partial charge in [-0.05, 0) is 30.3 Å². The van der Waals surface area contributed by atoms with E-state index in [2.05, 4.69) is 15.1 Å². The van der Waals surface area contributed by atoms with E-state index in [-0.39, 0.29) is 10.6 Å². The number of thioether (sulfide) groups is 1. The maximum Gasteiger partial charge on any atom is 0.253 e. The molecule has 3 rings (SSSR count). The van der Waals surface area contributed by atoms with Crippen LogP contribution in [0.25, 0.3) is 5.78 Å². The fraction of sp³-hybridized carbons (Fsp3) is 0.154. The van der Waals surface area contributed by atoms with Crippen LogP contribution in [0.1, 0.15) is 0 Å². The van der Waals surface area contributed by atoms with E-state index in [9.17, 15) is 8.42 Å². The molecule has 0 aliphatic carbocycles. The van der Waals surface area contributed by atoms with Crippen LogP contribution < -0.4 is 0 Å². The Bertz CT molecular complexity index is 861. The molecule has 0 bridgehead atoms. The van der Waals surface area contributed by atoms with Crippen molar-refractivity contribution >= 4 is 39.0 Å². The fourth-order valence-electron chi connectivity index (χ4n) is 1.78. The van der Waals surface area contributed by atoms with Crippen molar-refractivity contribution in [3.63, 3.8) is 0 Å². The molecule has 0 amide bonds. The summed E-state index contributed by atoms with van der Waals surface area (Å²) >= 11 is 7.04. The average molecular weight is 355 g/mol. The molecular weight excluding hydrogens is 344 g/mol. The summed E-state index contributed by atoms with van der Waals surface area (Å²) in [5.74, 6) is 0.856. The third-order valence-electron chi connectivity index (χ3n) is 2.85. The molecule has 2 aromatic heterocycles. The van der Waals surface area contributed by atoms with Crippen molar-refractivity contribution in [2.75, 3.05) is 11.5 Å². The standard InChI is InChI=1S/C13H11ClN4O2S2/c14-10-2-4-11(5-3-10)22(19,20)9-8-21-13-16-12-15-6-1-7-18(12)17-13/h1-7H,8-9H2. The molecule has 0 aliphatic rings. The Kier molecular flexibility index (Phi) is 4.32. The van der Waals surface area contributed by atoms with Crippen LogP contribution in [0.3, 0.4) is 0 Å². The predicted molar refractivity (Wildman–Crippen MR) is 85.0 cm³/mol. The summed E-state index contributed by atoms with van der Waals surface area (Å²) < 4.78 is 25.9. The van der Waals surface area contributed by atoms with Crippen molar-refractivity contribution in [2.45, 2.75) is 10.1 Å². The minimum Gasteiger partial charge on any atom is -0.224 e. The van der Waals surface area contributed by atoms with Gasteiger partial charge in [-0.15, -0.1) is 5.10 Å². The summed E-state index contributed by atoms with van der Waals surface area (Å²) in [6.07, 6.45) is 3.37. The smallest absolute Gasteiger partial charge is 0.224 e. The van der Waals surface area contributed by atoms with Gasteiger partial charge in [-0.3, -0.25) is 0 Å². The lowest BCUT2D eigenvalue weighted by atomic mass is 10.4. The van der Waals surface area contributed by atoms with E-state index in [0.717, 1.165) is 0 Å². The van der Waals surface area contributed by atoms with E-state index < -0.39 is 9.84 Å². The Labute approximate surface area is 136 Å². The van der Waals surface area contributed by atoms with Gasteiger partial charge in [0.15, 0.2) is 9.84 Å². The summed E-state index contributed by atoms with van der Waals surface area (Å²) in [6, 6.07) is 7.90. The number of hydrogen-bond donors (Lipinski definition) is 0. The molecule has 0 fully saturated rings. The van der Waals surface area contributed by atoms with Crippen LogP contribution in [-0.2, 0) is 9.84 Å². The second kappa shape index (κ2) is 6.23. The molecule has 0 atom stereocenters. The Balaban J connectivity index is 1.65. The first-order valence-electron chi connectivity index (χ1n) is 6.33. The van der Waals surface area contributed by atoms with Crippen molar-refractivity contribution in [3.05, 3.63) is 47.7 Å². The third kappa shape index (κ3) is 3.40. The zero-order valence-corrected chi connectivity index (χ0v) is 13.6. The highest BCUT2D eigenvalue weighted by molar-refractivity contribution is 8.00. The molecule has 0 N–H and O–H groups in total. The molecule has 9 heteroatoms.